The lowest BCUT2D eigenvalue weighted by Crippen LogP contribution is -2.04. The van der Waals surface area contributed by atoms with E-state index in [1.54, 1.807) is 11.8 Å². The molecule has 1 rings (SSSR count). The fraction of sp³-hybridized carbons (Fsp3) is 0.667. The first kappa shape index (κ1) is 16.3. The molecule has 10 heteroatoms. The second-order valence-corrected chi connectivity index (χ2v) is 7.60. The number of rotatable bonds is 7. The molecule has 0 fully saturated rings. The molecule has 19 heavy (non-hydrogen) atoms. The van der Waals surface area contributed by atoms with Gasteiger partial charge >= 0.3 is 5.82 Å². The largest absolute Gasteiger partial charge is 0.410 e. The standard InChI is InChI=1S/C9H14ClN3O4S2/c1-3-18-6-4-5-12-7(2)8(19(10,16)17)9(11-12)13(14)15/h3-6H2,1-2H3. The minimum Gasteiger partial charge on any atom is -0.358 e. The molecular weight excluding hydrogens is 314 g/mol. The average molecular weight is 328 g/mol. The van der Waals surface area contributed by atoms with Crippen LogP contribution in [-0.4, -0.2) is 34.6 Å². The van der Waals surface area contributed by atoms with Crippen molar-refractivity contribution in [3.05, 3.63) is 15.8 Å². The van der Waals surface area contributed by atoms with Crippen LogP contribution in [-0.2, 0) is 15.6 Å². The zero-order valence-electron chi connectivity index (χ0n) is 10.5. The van der Waals surface area contributed by atoms with Crippen molar-refractivity contribution in [1.29, 1.82) is 0 Å². The maximum absolute atomic E-state index is 11.4. The summed E-state index contributed by atoms with van der Waals surface area (Å²) in [7, 11) is 1.04. The Morgan fingerprint density at radius 1 is 1.53 bits per heavy atom. The van der Waals surface area contributed by atoms with Crippen LogP contribution in [0.15, 0.2) is 4.90 Å². The SMILES string of the molecule is CCSCCCn1nc([N+](=O)[O-])c(S(=O)(=O)Cl)c1C. The van der Waals surface area contributed by atoms with Gasteiger partial charge in [-0.05, 0) is 29.8 Å². The summed E-state index contributed by atoms with van der Waals surface area (Å²) < 4.78 is 24.1. The van der Waals surface area contributed by atoms with Crippen LogP contribution in [0, 0.1) is 17.0 Å². The monoisotopic (exact) mass is 327 g/mol. The van der Waals surface area contributed by atoms with Gasteiger partial charge in [0.2, 0.25) is 4.90 Å². The van der Waals surface area contributed by atoms with Crippen LogP contribution in [0.3, 0.4) is 0 Å². The van der Waals surface area contributed by atoms with Crippen molar-refractivity contribution in [2.24, 2.45) is 0 Å². The topological polar surface area (TPSA) is 95.1 Å². The molecule has 0 bridgehead atoms. The van der Waals surface area contributed by atoms with Gasteiger partial charge in [0.25, 0.3) is 9.05 Å². The number of nitrogens with zero attached hydrogens (tertiary/aromatic N) is 3. The number of thioether (sulfide) groups is 1. The van der Waals surface area contributed by atoms with Gasteiger partial charge in [0, 0.05) is 10.7 Å². The molecule has 0 aromatic carbocycles. The van der Waals surface area contributed by atoms with Crippen molar-refractivity contribution in [3.8, 4) is 0 Å². The summed E-state index contributed by atoms with van der Waals surface area (Å²) in [5.41, 5.74) is 0.197. The van der Waals surface area contributed by atoms with Gasteiger partial charge in [0.05, 0.1) is 17.3 Å². The van der Waals surface area contributed by atoms with Crippen LogP contribution in [0.5, 0.6) is 0 Å². The minimum atomic E-state index is -4.18. The molecule has 0 spiro atoms. The number of halogens is 1. The lowest BCUT2D eigenvalue weighted by molar-refractivity contribution is -0.392. The maximum atomic E-state index is 11.4. The highest BCUT2D eigenvalue weighted by Crippen LogP contribution is 2.29. The van der Waals surface area contributed by atoms with Crippen LogP contribution in [0.4, 0.5) is 5.82 Å². The Hall–Kier alpha value is -0.800. The second kappa shape index (κ2) is 6.58. The highest BCUT2D eigenvalue weighted by molar-refractivity contribution is 8.13. The highest BCUT2D eigenvalue weighted by Gasteiger charge is 2.33. The molecular formula is C9H14ClN3O4S2. The molecule has 1 heterocycles. The summed E-state index contributed by atoms with van der Waals surface area (Å²) in [6, 6.07) is 0. The molecule has 1 aromatic heterocycles. The van der Waals surface area contributed by atoms with Crippen molar-refractivity contribution in [3.63, 3.8) is 0 Å². The third-order valence-corrected chi connectivity index (χ3v) is 4.83. The van der Waals surface area contributed by atoms with Gasteiger partial charge in [0.1, 0.15) is 0 Å². The Morgan fingerprint density at radius 3 is 2.58 bits per heavy atom. The Bertz CT molecular complexity index is 570. The normalized spacial score (nSPS) is 11.7. The van der Waals surface area contributed by atoms with Gasteiger partial charge in [-0.1, -0.05) is 6.92 Å². The van der Waals surface area contributed by atoms with Gasteiger partial charge in [-0.2, -0.15) is 16.4 Å². The lowest BCUT2D eigenvalue weighted by atomic mass is 10.4. The Kier molecular flexibility index (Phi) is 5.63. The first-order chi connectivity index (χ1) is 8.79. The third kappa shape index (κ3) is 4.08. The summed E-state index contributed by atoms with van der Waals surface area (Å²) in [6.07, 6.45) is 0.750. The quantitative estimate of drug-likeness (QED) is 0.329. The van der Waals surface area contributed by atoms with Crippen molar-refractivity contribution in [2.75, 3.05) is 11.5 Å². The summed E-state index contributed by atoms with van der Waals surface area (Å²) in [5, 5.41) is 14.5. The number of hydrogen-bond acceptors (Lipinski definition) is 6. The second-order valence-electron chi connectivity index (χ2n) is 3.71. The predicted octanol–water partition coefficient (Wildman–Crippen LogP) is 2.17. The van der Waals surface area contributed by atoms with Gasteiger partial charge in [-0.25, -0.2) is 8.42 Å². The zero-order chi connectivity index (χ0) is 14.6. The van der Waals surface area contributed by atoms with Crippen molar-refractivity contribution < 1.29 is 13.3 Å². The van der Waals surface area contributed by atoms with Gasteiger partial charge in [-0.3, -0.25) is 0 Å². The molecule has 1 aromatic rings. The first-order valence-electron chi connectivity index (χ1n) is 5.53. The molecule has 0 saturated heterocycles. The van der Waals surface area contributed by atoms with E-state index in [0.717, 1.165) is 17.9 Å². The maximum Gasteiger partial charge on any atom is 0.410 e. The van der Waals surface area contributed by atoms with Crippen molar-refractivity contribution in [1.82, 2.24) is 9.78 Å². The van der Waals surface area contributed by atoms with Crippen molar-refractivity contribution >= 4 is 37.3 Å². The van der Waals surface area contributed by atoms with E-state index < -0.39 is 24.7 Å². The molecule has 0 aliphatic carbocycles. The Morgan fingerprint density at radius 2 is 2.16 bits per heavy atom. The van der Waals surface area contributed by atoms with E-state index in [1.807, 2.05) is 6.92 Å². The highest BCUT2D eigenvalue weighted by atomic mass is 35.7. The van der Waals surface area contributed by atoms with E-state index in [1.165, 1.54) is 11.6 Å². The summed E-state index contributed by atoms with van der Waals surface area (Å²) in [4.78, 5) is 9.47. The van der Waals surface area contributed by atoms with E-state index in [4.69, 9.17) is 10.7 Å². The van der Waals surface area contributed by atoms with E-state index in [0.29, 0.717) is 6.54 Å². The summed E-state index contributed by atoms with van der Waals surface area (Å²) in [6.45, 7) is 3.92. The van der Waals surface area contributed by atoms with Crippen LogP contribution in [0.25, 0.3) is 0 Å². The molecule has 0 radical (unpaired) electrons. The number of aromatic nitrogens is 2. The molecule has 0 aliphatic rings. The van der Waals surface area contributed by atoms with Gasteiger partial charge < -0.3 is 10.1 Å². The minimum absolute atomic E-state index is 0.197. The van der Waals surface area contributed by atoms with E-state index in [2.05, 4.69) is 5.10 Å². The average Bonchev–Trinajstić information content (AvgIpc) is 2.62. The fourth-order valence-electron chi connectivity index (χ4n) is 1.60. The number of nitro groups is 1. The smallest absolute Gasteiger partial charge is 0.358 e. The predicted molar refractivity (Wildman–Crippen MR) is 74.3 cm³/mol. The number of hydrogen-bond donors (Lipinski definition) is 0. The molecule has 7 nitrogen and oxygen atoms in total. The lowest BCUT2D eigenvalue weighted by Gasteiger charge is -1.99. The Labute approximate surface area is 119 Å². The molecule has 108 valence electrons. The van der Waals surface area contributed by atoms with Crippen LogP contribution in [0.1, 0.15) is 19.0 Å². The van der Waals surface area contributed by atoms with Gasteiger partial charge in [0.15, 0.2) is 0 Å². The molecule has 0 unspecified atom stereocenters. The number of aryl methyl sites for hydroxylation is 1. The molecule has 0 N–H and O–H groups in total. The third-order valence-electron chi connectivity index (χ3n) is 2.41. The summed E-state index contributed by atoms with van der Waals surface area (Å²) >= 11 is 1.74. The zero-order valence-corrected chi connectivity index (χ0v) is 12.9. The van der Waals surface area contributed by atoms with E-state index in [9.17, 15) is 18.5 Å². The van der Waals surface area contributed by atoms with E-state index >= 15 is 0 Å². The van der Waals surface area contributed by atoms with E-state index in [-0.39, 0.29) is 5.69 Å². The molecule has 0 atom stereocenters. The van der Waals surface area contributed by atoms with Crippen LogP contribution in [0.2, 0.25) is 0 Å². The molecule has 0 aliphatic heterocycles. The first-order valence-corrected chi connectivity index (χ1v) is 8.99. The Balaban J connectivity index is 3.06. The van der Waals surface area contributed by atoms with Crippen LogP contribution < -0.4 is 0 Å². The molecule has 0 amide bonds. The van der Waals surface area contributed by atoms with Crippen molar-refractivity contribution in [2.45, 2.75) is 31.7 Å². The van der Waals surface area contributed by atoms with Crippen LogP contribution >= 0.6 is 22.4 Å². The van der Waals surface area contributed by atoms with Gasteiger partial charge in [-0.15, -0.1) is 0 Å². The fourth-order valence-corrected chi connectivity index (χ4v) is 3.55. The summed E-state index contributed by atoms with van der Waals surface area (Å²) in [5.74, 6) is 1.15. The molecule has 0 saturated carbocycles.